The van der Waals surface area contributed by atoms with Gasteiger partial charge in [0.2, 0.25) is 10.0 Å². The van der Waals surface area contributed by atoms with Crippen LogP contribution in [-0.2, 0) is 16.6 Å². The molecule has 0 aromatic heterocycles. The fourth-order valence-electron chi connectivity index (χ4n) is 2.04. The van der Waals surface area contributed by atoms with Crippen LogP contribution in [0.25, 0.3) is 0 Å². The third kappa shape index (κ3) is 5.38. The number of benzene rings is 2. The van der Waals surface area contributed by atoms with Gasteiger partial charge < -0.3 is 5.32 Å². The van der Waals surface area contributed by atoms with Gasteiger partial charge in [0.05, 0.1) is 11.0 Å². The number of halogens is 1. The number of nitrogens with one attached hydrogen (secondary N) is 2. The molecule has 8 heteroatoms. The third-order valence-electron chi connectivity index (χ3n) is 3.30. The molecule has 0 saturated carbocycles. The lowest BCUT2D eigenvalue weighted by atomic mass is 10.2. The average Bonchev–Trinajstić information content (AvgIpc) is 2.60. The average molecular weight is 361 g/mol. The summed E-state index contributed by atoms with van der Waals surface area (Å²) in [6, 6.07) is 13.1. The van der Waals surface area contributed by atoms with E-state index in [1.807, 2.05) is 6.07 Å². The fourth-order valence-corrected chi connectivity index (χ4v) is 3.07. The van der Waals surface area contributed by atoms with Gasteiger partial charge in [0.1, 0.15) is 5.82 Å². The second-order valence-corrected chi connectivity index (χ2v) is 6.91. The van der Waals surface area contributed by atoms with Gasteiger partial charge in [0.15, 0.2) is 0 Å². The fraction of sp³-hybridized carbons (Fsp3) is 0.176. The van der Waals surface area contributed by atoms with Crippen LogP contribution in [0.5, 0.6) is 0 Å². The maximum atomic E-state index is 13.1. The molecule has 0 aliphatic carbocycles. The van der Waals surface area contributed by atoms with E-state index in [-0.39, 0.29) is 35.8 Å². The van der Waals surface area contributed by atoms with E-state index in [9.17, 15) is 17.6 Å². The van der Waals surface area contributed by atoms with Crippen LogP contribution >= 0.6 is 0 Å². The normalized spacial score (nSPS) is 10.9. The second kappa shape index (κ2) is 8.37. The zero-order chi connectivity index (χ0) is 18.3. The number of amides is 1. The molecule has 6 nitrogen and oxygen atoms in total. The van der Waals surface area contributed by atoms with Crippen molar-refractivity contribution < 1.29 is 17.6 Å². The summed E-state index contributed by atoms with van der Waals surface area (Å²) in [7, 11) is -3.71. The first kappa shape index (κ1) is 18.6. The summed E-state index contributed by atoms with van der Waals surface area (Å²) >= 11 is 0. The lowest BCUT2D eigenvalue weighted by Crippen LogP contribution is -2.25. The van der Waals surface area contributed by atoms with Crippen LogP contribution in [-0.4, -0.2) is 20.9 Å². The molecule has 0 saturated heterocycles. The Bertz CT molecular complexity index is 890. The molecule has 0 unspecified atom stereocenters. The van der Waals surface area contributed by atoms with Crippen molar-refractivity contribution in [2.24, 2.45) is 0 Å². The van der Waals surface area contributed by atoms with Gasteiger partial charge >= 0.3 is 0 Å². The van der Waals surface area contributed by atoms with Gasteiger partial charge in [0.25, 0.3) is 5.91 Å². The van der Waals surface area contributed by atoms with E-state index < -0.39 is 15.9 Å². The van der Waals surface area contributed by atoms with Crippen LogP contribution in [0, 0.1) is 17.1 Å². The number of hydrogen-bond donors (Lipinski definition) is 2. The highest BCUT2D eigenvalue weighted by atomic mass is 32.2. The van der Waals surface area contributed by atoms with E-state index >= 15 is 0 Å². The highest BCUT2D eigenvalue weighted by Gasteiger charge is 2.14. The highest BCUT2D eigenvalue weighted by molar-refractivity contribution is 7.89. The summed E-state index contributed by atoms with van der Waals surface area (Å²) in [6.45, 7) is 0.182. The topological polar surface area (TPSA) is 99.1 Å². The van der Waals surface area contributed by atoms with Crippen LogP contribution < -0.4 is 10.0 Å². The van der Waals surface area contributed by atoms with Gasteiger partial charge in [0, 0.05) is 25.1 Å². The van der Waals surface area contributed by atoms with Gasteiger partial charge in [-0.2, -0.15) is 5.26 Å². The summed E-state index contributed by atoms with van der Waals surface area (Å²) in [4.78, 5) is 12.1. The first-order valence-corrected chi connectivity index (χ1v) is 8.90. The van der Waals surface area contributed by atoms with Crippen molar-refractivity contribution in [3.05, 3.63) is 65.5 Å². The van der Waals surface area contributed by atoms with E-state index in [2.05, 4.69) is 10.0 Å². The van der Waals surface area contributed by atoms with Crippen LogP contribution in [0.3, 0.4) is 0 Å². The molecule has 0 aliphatic rings. The minimum atomic E-state index is -3.71. The van der Waals surface area contributed by atoms with Crippen LogP contribution in [0.15, 0.2) is 53.4 Å². The van der Waals surface area contributed by atoms with E-state index in [0.717, 1.165) is 0 Å². The number of sulfonamides is 1. The van der Waals surface area contributed by atoms with E-state index in [4.69, 9.17) is 5.26 Å². The first-order chi connectivity index (χ1) is 11.9. The Hall–Kier alpha value is -2.76. The maximum Gasteiger partial charge on any atom is 0.251 e. The molecule has 2 N–H and O–H groups in total. The Labute approximate surface area is 145 Å². The summed E-state index contributed by atoms with van der Waals surface area (Å²) in [5.74, 6) is -0.782. The minimum absolute atomic E-state index is 0.00659. The van der Waals surface area contributed by atoms with Crippen molar-refractivity contribution in [2.75, 3.05) is 6.54 Å². The lowest BCUT2D eigenvalue weighted by Gasteiger charge is -2.08. The Morgan fingerprint density at radius 2 is 1.88 bits per heavy atom. The number of rotatable bonds is 7. The Morgan fingerprint density at radius 3 is 2.52 bits per heavy atom. The molecule has 1 amide bonds. The molecule has 2 rings (SSSR count). The molecule has 0 aliphatic heterocycles. The Morgan fingerprint density at radius 1 is 1.16 bits per heavy atom. The number of nitriles is 1. The maximum absolute atomic E-state index is 13.1. The van der Waals surface area contributed by atoms with Crippen molar-refractivity contribution in [1.29, 1.82) is 5.26 Å². The number of carbonyl (C=O) groups is 1. The SMILES string of the molecule is N#CCCNS(=O)(=O)c1ccc(C(=O)NCc2cccc(F)c2)cc1. The molecule has 0 spiro atoms. The molecular formula is C17H16FN3O3S. The molecule has 0 heterocycles. The summed E-state index contributed by atoms with van der Waals surface area (Å²) in [6.07, 6.45) is 0.0692. The third-order valence-corrected chi connectivity index (χ3v) is 4.77. The van der Waals surface area contributed by atoms with Gasteiger partial charge in [-0.15, -0.1) is 0 Å². The molecule has 0 radical (unpaired) electrons. The first-order valence-electron chi connectivity index (χ1n) is 7.42. The number of carbonyl (C=O) groups excluding carboxylic acids is 1. The predicted octanol–water partition coefficient (Wildman–Crippen LogP) is 1.95. The number of hydrogen-bond acceptors (Lipinski definition) is 4. The van der Waals surface area contributed by atoms with Crippen molar-refractivity contribution in [3.63, 3.8) is 0 Å². The number of nitrogens with zero attached hydrogens (tertiary/aromatic N) is 1. The molecule has 2 aromatic rings. The molecule has 0 atom stereocenters. The molecular weight excluding hydrogens is 345 g/mol. The Kier molecular flexibility index (Phi) is 6.22. The van der Waals surface area contributed by atoms with Gasteiger partial charge in [-0.3, -0.25) is 4.79 Å². The standard InChI is InChI=1S/C17H16FN3O3S/c18-15-4-1-3-13(11-15)12-20-17(22)14-5-7-16(8-6-14)25(23,24)21-10-2-9-19/h1,3-8,11,21H,2,10,12H2,(H,20,22). The van der Waals surface area contributed by atoms with Crippen LogP contribution in [0.2, 0.25) is 0 Å². The molecule has 0 bridgehead atoms. The van der Waals surface area contributed by atoms with Gasteiger partial charge in [-0.1, -0.05) is 12.1 Å². The zero-order valence-corrected chi connectivity index (χ0v) is 14.0. The molecule has 25 heavy (non-hydrogen) atoms. The molecule has 2 aromatic carbocycles. The van der Waals surface area contributed by atoms with Gasteiger partial charge in [-0.05, 0) is 42.0 Å². The minimum Gasteiger partial charge on any atom is -0.348 e. The lowest BCUT2D eigenvalue weighted by molar-refractivity contribution is 0.0950. The van der Waals surface area contributed by atoms with E-state index in [1.54, 1.807) is 12.1 Å². The predicted molar refractivity (Wildman–Crippen MR) is 89.4 cm³/mol. The van der Waals surface area contributed by atoms with Gasteiger partial charge in [-0.25, -0.2) is 17.5 Å². The summed E-state index contributed by atoms with van der Waals surface area (Å²) in [5, 5.41) is 11.1. The van der Waals surface area contributed by atoms with Crippen molar-refractivity contribution in [3.8, 4) is 6.07 Å². The van der Waals surface area contributed by atoms with Crippen molar-refractivity contribution in [1.82, 2.24) is 10.0 Å². The molecule has 130 valence electrons. The molecule has 0 fully saturated rings. The highest BCUT2D eigenvalue weighted by Crippen LogP contribution is 2.11. The van der Waals surface area contributed by atoms with Crippen molar-refractivity contribution >= 4 is 15.9 Å². The smallest absolute Gasteiger partial charge is 0.251 e. The van der Waals surface area contributed by atoms with Crippen LogP contribution in [0.1, 0.15) is 22.3 Å². The van der Waals surface area contributed by atoms with Crippen LogP contribution in [0.4, 0.5) is 4.39 Å². The zero-order valence-electron chi connectivity index (χ0n) is 13.2. The van der Waals surface area contributed by atoms with Crippen molar-refractivity contribution in [2.45, 2.75) is 17.9 Å². The quantitative estimate of drug-likeness (QED) is 0.736. The van der Waals surface area contributed by atoms with E-state index in [0.29, 0.717) is 5.56 Å². The largest absolute Gasteiger partial charge is 0.348 e. The summed E-state index contributed by atoms with van der Waals surface area (Å²) < 4.78 is 39.3. The monoisotopic (exact) mass is 361 g/mol. The summed E-state index contributed by atoms with van der Waals surface area (Å²) in [5.41, 5.74) is 0.904. The van der Waals surface area contributed by atoms with E-state index in [1.165, 1.54) is 36.4 Å². The Balaban J connectivity index is 1.99. The second-order valence-electron chi connectivity index (χ2n) is 5.14.